The third-order valence-electron chi connectivity index (χ3n) is 4.16. The number of pyridine rings is 1. The van der Waals surface area contributed by atoms with Gasteiger partial charge in [-0.15, -0.1) is 22.7 Å². The van der Waals surface area contributed by atoms with E-state index >= 15 is 0 Å². The number of nitrogens with two attached hydrogens (primary N) is 1. The molecule has 4 aromatic rings. The van der Waals surface area contributed by atoms with E-state index in [1.807, 2.05) is 61.7 Å². The molecular weight excluding hydrogens is 412 g/mol. The molecule has 4 rings (SSSR count). The Kier molecular flexibility index (Phi) is 5.10. The van der Waals surface area contributed by atoms with Crippen molar-refractivity contribution in [1.82, 2.24) is 4.98 Å². The first kappa shape index (κ1) is 18.9. The number of ether oxygens (including phenoxy) is 1. The molecule has 0 atom stereocenters. The largest absolute Gasteiger partial charge is 0.459 e. The summed E-state index contributed by atoms with van der Waals surface area (Å²) in [6.45, 7) is 3.63. The van der Waals surface area contributed by atoms with Crippen LogP contribution in [0.3, 0.4) is 0 Å². The normalized spacial score (nSPS) is 11.3. The summed E-state index contributed by atoms with van der Waals surface area (Å²) in [5, 5.41) is 3.44. The molecule has 1 aromatic carbocycles. The van der Waals surface area contributed by atoms with Crippen molar-refractivity contribution < 1.29 is 9.53 Å². The number of fused-ring (bicyclic) bond motifs is 1. The Bertz CT molecular complexity index is 1150. The molecule has 0 unspecified atom stereocenters. The maximum Gasteiger partial charge on any atom is 0.350 e. The molecule has 0 saturated heterocycles. The van der Waals surface area contributed by atoms with Gasteiger partial charge in [0, 0.05) is 10.4 Å². The number of benzene rings is 1. The summed E-state index contributed by atoms with van der Waals surface area (Å²) in [7, 11) is 0. The highest BCUT2D eigenvalue weighted by molar-refractivity contribution is 7.21. The number of carbonyl (C=O) groups is 1. The van der Waals surface area contributed by atoms with Gasteiger partial charge in [-0.05, 0) is 54.6 Å². The number of hydrogen-bond donors (Lipinski definition) is 1. The minimum absolute atomic E-state index is 0.220. The van der Waals surface area contributed by atoms with Crippen LogP contribution < -0.4 is 5.73 Å². The van der Waals surface area contributed by atoms with Crippen molar-refractivity contribution in [3.8, 4) is 21.7 Å². The number of carbonyl (C=O) groups excluding carboxylic acids is 1. The average molecular weight is 429 g/mol. The number of nitrogen functional groups attached to an aromatic ring is 1. The molecule has 2 N–H and O–H groups in total. The molecule has 0 aliphatic carbocycles. The fourth-order valence-electron chi connectivity index (χ4n) is 2.95. The number of esters is 1. The van der Waals surface area contributed by atoms with E-state index in [1.54, 1.807) is 11.3 Å². The molecule has 28 heavy (non-hydrogen) atoms. The third kappa shape index (κ3) is 3.51. The molecular formula is C21H17ClN2O2S2. The van der Waals surface area contributed by atoms with Crippen LogP contribution in [0.15, 0.2) is 47.8 Å². The molecule has 3 heterocycles. The highest BCUT2D eigenvalue weighted by Crippen LogP contribution is 2.42. The maximum absolute atomic E-state index is 12.5. The number of aromatic nitrogens is 1. The molecule has 0 fully saturated rings. The van der Waals surface area contributed by atoms with E-state index in [0.29, 0.717) is 20.4 Å². The SMILES string of the molecule is CC(C)OC(=O)c1sc2nc(-c3cccs3)cc(-c3ccc(Cl)cc3)c2c1N. The van der Waals surface area contributed by atoms with Crippen LogP contribution in [0.5, 0.6) is 0 Å². The second-order valence-corrected chi connectivity index (χ2v) is 8.90. The lowest BCUT2D eigenvalue weighted by Crippen LogP contribution is -2.11. The summed E-state index contributed by atoms with van der Waals surface area (Å²) in [4.78, 5) is 19.4. The zero-order valence-corrected chi connectivity index (χ0v) is 17.6. The molecule has 142 valence electrons. The fourth-order valence-corrected chi connectivity index (χ4v) is 4.76. The van der Waals surface area contributed by atoms with Gasteiger partial charge in [0.15, 0.2) is 0 Å². The lowest BCUT2D eigenvalue weighted by molar-refractivity contribution is 0.0385. The molecule has 0 aliphatic heterocycles. The van der Waals surface area contributed by atoms with Gasteiger partial charge in [-0.3, -0.25) is 0 Å². The monoisotopic (exact) mass is 428 g/mol. The van der Waals surface area contributed by atoms with Gasteiger partial charge in [-0.25, -0.2) is 9.78 Å². The Balaban J connectivity index is 1.97. The fraction of sp³-hybridized carbons (Fsp3) is 0.143. The number of nitrogens with zero attached hydrogens (tertiary/aromatic N) is 1. The van der Waals surface area contributed by atoms with Crippen molar-refractivity contribution in [3.05, 3.63) is 57.7 Å². The average Bonchev–Trinajstić information content (AvgIpc) is 3.30. The first-order valence-corrected chi connectivity index (χ1v) is 10.7. The van der Waals surface area contributed by atoms with Crippen LogP contribution in [0, 0.1) is 0 Å². The minimum atomic E-state index is -0.421. The predicted molar refractivity (Wildman–Crippen MR) is 118 cm³/mol. The summed E-state index contributed by atoms with van der Waals surface area (Å²) in [6.07, 6.45) is -0.220. The van der Waals surface area contributed by atoms with Gasteiger partial charge in [0.25, 0.3) is 0 Å². The molecule has 0 bridgehead atoms. The predicted octanol–water partition coefficient (Wildman–Crippen LogP) is 6.49. The summed E-state index contributed by atoms with van der Waals surface area (Å²) in [5.41, 5.74) is 9.53. The maximum atomic E-state index is 12.5. The van der Waals surface area contributed by atoms with Crippen molar-refractivity contribution in [2.75, 3.05) is 5.73 Å². The smallest absolute Gasteiger partial charge is 0.350 e. The van der Waals surface area contributed by atoms with Gasteiger partial charge in [-0.2, -0.15) is 0 Å². The van der Waals surface area contributed by atoms with E-state index in [9.17, 15) is 4.79 Å². The molecule has 0 radical (unpaired) electrons. The number of anilines is 1. The Morgan fingerprint density at radius 1 is 1.21 bits per heavy atom. The molecule has 0 aliphatic rings. The van der Waals surface area contributed by atoms with Crippen LogP contribution in [0.4, 0.5) is 5.69 Å². The zero-order chi connectivity index (χ0) is 19.8. The second-order valence-electron chi connectivity index (χ2n) is 6.52. The topological polar surface area (TPSA) is 65.2 Å². The number of rotatable bonds is 4. The van der Waals surface area contributed by atoms with E-state index in [4.69, 9.17) is 27.1 Å². The lowest BCUT2D eigenvalue weighted by Gasteiger charge is -2.09. The van der Waals surface area contributed by atoms with Crippen LogP contribution in [0.1, 0.15) is 23.5 Å². The van der Waals surface area contributed by atoms with Crippen LogP contribution in [-0.4, -0.2) is 17.1 Å². The van der Waals surface area contributed by atoms with E-state index < -0.39 is 5.97 Å². The number of halogens is 1. The van der Waals surface area contributed by atoms with Gasteiger partial charge < -0.3 is 10.5 Å². The van der Waals surface area contributed by atoms with Gasteiger partial charge in [-0.1, -0.05) is 29.8 Å². The lowest BCUT2D eigenvalue weighted by atomic mass is 10.0. The number of thiophene rings is 2. The quantitative estimate of drug-likeness (QED) is 0.377. The van der Waals surface area contributed by atoms with Crippen molar-refractivity contribution in [2.24, 2.45) is 0 Å². The van der Waals surface area contributed by atoms with Crippen LogP contribution in [-0.2, 0) is 4.74 Å². The third-order valence-corrected chi connectivity index (χ3v) is 6.38. The summed E-state index contributed by atoms with van der Waals surface area (Å²) < 4.78 is 5.36. The standard InChI is InChI=1S/C21H17ClN2O2S2/c1-11(2)26-21(25)19-18(23)17-14(12-5-7-13(22)8-6-12)10-15(24-20(17)28-19)16-4-3-9-27-16/h3-11H,23H2,1-2H3. The molecule has 7 heteroatoms. The van der Waals surface area contributed by atoms with Crippen LogP contribution in [0.25, 0.3) is 31.9 Å². The first-order valence-electron chi connectivity index (χ1n) is 8.68. The van der Waals surface area contributed by atoms with Crippen molar-refractivity contribution >= 4 is 56.1 Å². The molecule has 4 nitrogen and oxygen atoms in total. The van der Waals surface area contributed by atoms with E-state index in [-0.39, 0.29) is 6.10 Å². The van der Waals surface area contributed by atoms with Crippen molar-refractivity contribution in [1.29, 1.82) is 0 Å². The molecule has 0 amide bonds. The second kappa shape index (κ2) is 7.54. The van der Waals surface area contributed by atoms with E-state index in [2.05, 4.69) is 0 Å². The van der Waals surface area contributed by atoms with Crippen molar-refractivity contribution in [3.63, 3.8) is 0 Å². The van der Waals surface area contributed by atoms with Gasteiger partial charge in [0.05, 0.1) is 22.4 Å². The zero-order valence-electron chi connectivity index (χ0n) is 15.2. The van der Waals surface area contributed by atoms with Crippen molar-refractivity contribution in [2.45, 2.75) is 20.0 Å². The summed E-state index contributed by atoms with van der Waals surface area (Å²) >= 11 is 8.94. The molecule has 0 saturated carbocycles. The Morgan fingerprint density at radius 3 is 2.61 bits per heavy atom. The van der Waals surface area contributed by atoms with E-state index in [0.717, 1.165) is 27.1 Å². The Morgan fingerprint density at radius 2 is 1.96 bits per heavy atom. The van der Waals surface area contributed by atoms with Gasteiger partial charge in [0.1, 0.15) is 9.71 Å². The number of hydrogen-bond acceptors (Lipinski definition) is 6. The first-order chi connectivity index (χ1) is 13.4. The highest BCUT2D eigenvalue weighted by atomic mass is 35.5. The van der Waals surface area contributed by atoms with Gasteiger partial charge in [0.2, 0.25) is 0 Å². The molecule has 3 aromatic heterocycles. The van der Waals surface area contributed by atoms with Crippen LogP contribution >= 0.6 is 34.3 Å². The Hall–Kier alpha value is -2.41. The van der Waals surface area contributed by atoms with E-state index in [1.165, 1.54) is 11.3 Å². The summed E-state index contributed by atoms with van der Waals surface area (Å²) in [5.74, 6) is -0.421. The summed E-state index contributed by atoms with van der Waals surface area (Å²) in [6, 6.07) is 13.6. The Labute approximate surface area is 175 Å². The van der Waals surface area contributed by atoms with Crippen LogP contribution in [0.2, 0.25) is 5.02 Å². The molecule has 0 spiro atoms. The highest BCUT2D eigenvalue weighted by Gasteiger charge is 2.23. The van der Waals surface area contributed by atoms with Gasteiger partial charge >= 0.3 is 5.97 Å². The minimum Gasteiger partial charge on any atom is -0.459 e.